The summed E-state index contributed by atoms with van der Waals surface area (Å²) in [4.78, 5) is 4.20. The van der Waals surface area contributed by atoms with Gasteiger partial charge in [-0.05, 0) is 38.7 Å². The summed E-state index contributed by atoms with van der Waals surface area (Å²) >= 11 is 6.08. The first-order valence-electron chi connectivity index (χ1n) is 6.62. The largest absolute Gasteiger partial charge is 0.391 e. The average molecular weight is 297 g/mol. The summed E-state index contributed by atoms with van der Waals surface area (Å²) in [5.41, 5.74) is 7.14. The van der Waals surface area contributed by atoms with Crippen LogP contribution in [0, 0.1) is 5.41 Å². The van der Waals surface area contributed by atoms with Crippen molar-refractivity contribution in [3.05, 3.63) is 28.8 Å². The molecule has 0 bridgehead atoms. The Hall–Kier alpha value is -1.30. The van der Waals surface area contributed by atoms with Crippen LogP contribution in [0.5, 0.6) is 0 Å². The Bertz CT molecular complexity index is 506. The van der Waals surface area contributed by atoms with Gasteiger partial charge in [-0.3, -0.25) is 5.41 Å². The molecule has 0 saturated carbocycles. The van der Waals surface area contributed by atoms with Crippen molar-refractivity contribution in [2.75, 3.05) is 32.1 Å². The van der Waals surface area contributed by atoms with Gasteiger partial charge >= 0.3 is 0 Å². The molecule has 1 aromatic rings. The van der Waals surface area contributed by atoms with E-state index >= 15 is 0 Å². The van der Waals surface area contributed by atoms with Crippen LogP contribution in [0.25, 0.3) is 0 Å². The molecule has 1 saturated heterocycles. The first-order valence-corrected chi connectivity index (χ1v) is 6.99. The summed E-state index contributed by atoms with van der Waals surface area (Å²) in [5.74, 6) is 0.0154. The highest BCUT2D eigenvalue weighted by Gasteiger charge is 2.32. The fraction of sp³-hybridized carbons (Fsp3) is 0.500. The van der Waals surface area contributed by atoms with E-state index in [1.165, 1.54) is 0 Å². The molecule has 2 atom stereocenters. The Labute approximate surface area is 124 Å². The number of aliphatic hydroxyl groups excluding tert-OH is 1. The number of amidine groups is 1. The first-order chi connectivity index (χ1) is 9.38. The number of hydrogen-bond donors (Lipinski definition) is 3. The predicted molar refractivity (Wildman–Crippen MR) is 82.8 cm³/mol. The van der Waals surface area contributed by atoms with E-state index in [4.69, 9.17) is 22.7 Å². The van der Waals surface area contributed by atoms with Crippen LogP contribution in [0.2, 0.25) is 5.02 Å². The van der Waals surface area contributed by atoms with Crippen LogP contribution in [0.15, 0.2) is 18.2 Å². The van der Waals surface area contributed by atoms with Gasteiger partial charge in [-0.25, -0.2) is 0 Å². The molecule has 20 heavy (non-hydrogen) atoms. The quantitative estimate of drug-likeness (QED) is 0.575. The molecule has 110 valence electrons. The minimum atomic E-state index is -0.362. The summed E-state index contributed by atoms with van der Waals surface area (Å²) in [6, 6.07) is 5.50. The summed E-state index contributed by atoms with van der Waals surface area (Å²) in [6.07, 6.45) is 0.348. The van der Waals surface area contributed by atoms with Crippen LogP contribution in [0.1, 0.15) is 12.0 Å². The number of rotatable bonds is 4. The summed E-state index contributed by atoms with van der Waals surface area (Å²) in [5, 5.41) is 18.3. The van der Waals surface area contributed by atoms with E-state index in [0.717, 1.165) is 12.2 Å². The Morgan fingerprint density at radius 3 is 2.85 bits per heavy atom. The molecule has 1 heterocycles. The molecule has 5 nitrogen and oxygen atoms in total. The van der Waals surface area contributed by atoms with E-state index < -0.39 is 0 Å². The second-order valence-electron chi connectivity index (χ2n) is 5.53. The first kappa shape index (κ1) is 15.1. The Kier molecular flexibility index (Phi) is 4.52. The molecule has 1 aliphatic rings. The van der Waals surface area contributed by atoms with Crippen molar-refractivity contribution in [1.29, 1.82) is 5.41 Å². The number of benzene rings is 1. The van der Waals surface area contributed by atoms with Crippen LogP contribution in [-0.4, -0.2) is 55.2 Å². The predicted octanol–water partition coefficient (Wildman–Crippen LogP) is 1.13. The van der Waals surface area contributed by atoms with Gasteiger partial charge in [-0.2, -0.15) is 0 Å². The molecule has 1 aliphatic heterocycles. The van der Waals surface area contributed by atoms with Gasteiger partial charge in [0.15, 0.2) is 0 Å². The molecule has 0 amide bonds. The van der Waals surface area contributed by atoms with Gasteiger partial charge < -0.3 is 20.6 Å². The molecule has 0 aromatic heterocycles. The standard InChI is InChI=1S/C14H21ClN4O/c1-18(2)7-10-6-11(20)8-19(10)13-5-9(15)3-4-12(13)14(16)17/h3-5,10-11,20H,6-8H2,1-2H3,(H3,16,17). The van der Waals surface area contributed by atoms with Crippen molar-refractivity contribution in [3.63, 3.8) is 0 Å². The molecule has 0 aliphatic carbocycles. The van der Waals surface area contributed by atoms with E-state index in [1.807, 2.05) is 20.2 Å². The van der Waals surface area contributed by atoms with Crippen LogP contribution >= 0.6 is 11.6 Å². The number of hydrogen-bond acceptors (Lipinski definition) is 4. The number of aliphatic hydroxyl groups is 1. The molecule has 0 spiro atoms. The molecule has 2 rings (SSSR count). The summed E-state index contributed by atoms with van der Waals surface area (Å²) in [6.45, 7) is 1.38. The fourth-order valence-corrected chi connectivity index (χ4v) is 2.92. The Morgan fingerprint density at radius 1 is 1.55 bits per heavy atom. The minimum absolute atomic E-state index is 0.0154. The molecule has 0 radical (unpaired) electrons. The van der Waals surface area contributed by atoms with E-state index in [1.54, 1.807) is 12.1 Å². The molecule has 6 heteroatoms. The third-order valence-corrected chi connectivity index (χ3v) is 3.76. The summed E-state index contributed by atoms with van der Waals surface area (Å²) in [7, 11) is 4.01. The van der Waals surface area contributed by atoms with Crippen molar-refractivity contribution in [3.8, 4) is 0 Å². The zero-order chi connectivity index (χ0) is 14.9. The molecule has 1 aromatic carbocycles. The van der Waals surface area contributed by atoms with Gasteiger partial charge in [0.2, 0.25) is 0 Å². The topological polar surface area (TPSA) is 76.6 Å². The SMILES string of the molecule is CN(C)CC1CC(O)CN1c1cc(Cl)ccc1C(=N)N. The smallest absolute Gasteiger partial charge is 0.124 e. The third kappa shape index (κ3) is 3.23. The number of β-amino-alcohol motifs (C(OH)–C–C–N with tert-alkyl or cyclic N) is 1. The zero-order valence-corrected chi connectivity index (χ0v) is 12.6. The number of anilines is 1. The van der Waals surface area contributed by atoms with Crippen LogP contribution in [0.4, 0.5) is 5.69 Å². The van der Waals surface area contributed by atoms with Gasteiger partial charge in [-0.1, -0.05) is 11.6 Å². The molecule has 2 unspecified atom stereocenters. The van der Waals surface area contributed by atoms with Crippen LogP contribution < -0.4 is 10.6 Å². The lowest BCUT2D eigenvalue weighted by atomic mass is 10.1. The number of nitrogens with two attached hydrogens (primary N) is 1. The van der Waals surface area contributed by atoms with Gasteiger partial charge in [0.05, 0.1) is 6.10 Å². The zero-order valence-electron chi connectivity index (χ0n) is 11.8. The number of nitrogen functional groups attached to an aromatic ring is 1. The Balaban J connectivity index is 2.37. The third-order valence-electron chi connectivity index (χ3n) is 3.53. The van der Waals surface area contributed by atoms with Gasteiger partial charge in [0, 0.05) is 35.4 Å². The van der Waals surface area contributed by atoms with Crippen molar-refractivity contribution in [2.45, 2.75) is 18.6 Å². The van der Waals surface area contributed by atoms with Crippen molar-refractivity contribution in [1.82, 2.24) is 4.90 Å². The second kappa shape index (κ2) is 5.99. The molecular weight excluding hydrogens is 276 g/mol. The second-order valence-corrected chi connectivity index (χ2v) is 5.97. The monoisotopic (exact) mass is 296 g/mol. The average Bonchev–Trinajstić information content (AvgIpc) is 2.68. The normalized spacial score (nSPS) is 22.6. The Morgan fingerprint density at radius 2 is 2.25 bits per heavy atom. The van der Waals surface area contributed by atoms with Gasteiger partial charge in [0.25, 0.3) is 0 Å². The highest BCUT2D eigenvalue weighted by Crippen LogP contribution is 2.31. The highest BCUT2D eigenvalue weighted by atomic mass is 35.5. The van der Waals surface area contributed by atoms with E-state index in [-0.39, 0.29) is 18.0 Å². The van der Waals surface area contributed by atoms with Crippen molar-refractivity contribution >= 4 is 23.1 Å². The van der Waals surface area contributed by atoms with Crippen LogP contribution in [-0.2, 0) is 0 Å². The highest BCUT2D eigenvalue weighted by molar-refractivity contribution is 6.31. The maximum Gasteiger partial charge on any atom is 0.124 e. The van der Waals surface area contributed by atoms with Gasteiger partial charge in [0.1, 0.15) is 5.84 Å². The maximum atomic E-state index is 9.96. The fourth-order valence-electron chi connectivity index (χ4n) is 2.75. The van der Waals surface area contributed by atoms with Gasteiger partial charge in [-0.15, -0.1) is 0 Å². The van der Waals surface area contributed by atoms with E-state index in [9.17, 15) is 5.11 Å². The number of likely N-dealkylation sites (N-methyl/N-ethyl adjacent to an activating group) is 1. The number of halogens is 1. The van der Waals surface area contributed by atoms with E-state index in [2.05, 4.69) is 9.80 Å². The lowest BCUT2D eigenvalue weighted by molar-refractivity contribution is 0.191. The molecule has 4 N–H and O–H groups in total. The number of nitrogens with zero attached hydrogens (tertiary/aromatic N) is 2. The van der Waals surface area contributed by atoms with E-state index in [0.29, 0.717) is 23.6 Å². The minimum Gasteiger partial charge on any atom is -0.391 e. The van der Waals surface area contributed by atoms with Crippen molar-refractivity contribution in [2.24, 2.45) is 5.73 Å². The lowest BCUT2D eigenvalue weighted by Gasteiger charge is -2.30. The number of nitrogens with one attached hydrogen (secondary N) is 1. The van der Waals surface area contributed by atoms with Crippen LogP contribution in [0.3, 0.4) is 0 Å². The summed E-state index contributed by atoms with van der Waals surface area (Å²) < 4.78 is 0. The molecular formula is C14H21ClN4O. The molecule has 1 fully saturated rings. The lowest BCUT2D eigenvalue weighted by Crippen LogP contribution is -2.38. The van der Waals surface area contributed by atoms with Crippen molar-refractivity contribution < 1.29 is 5.11 Å². The maximum absolute atomic E-state index is 9.96.